The van der Waals surface area contributed by atoms with Crippen molar-refractivity contribution in [2.24, 2.45) is 5.41 Å². The van der Waals surface area contributed by atoms with Crippen LogP contribution < -0.4 is 4.74 Å². The summed E-state index contributed by atoms with van der Waals surface area (Å²) in [6.45, 7) is 2.65. The molecule has 110 valence electrons. The molecule has 1 spiro atoms. The molecule has 1 N–H and O–H groups in total. The van der Waals surface area contributed by atoms with Crippen LogP contribution in [0.4, 0.5) is 0 Å². The largest absolute Gasteiger partial charge is 0.493 e. The summed E-state index contributed by atoms with van der Waals surface area (Å²) < 4.78 is 5.71. The predicted molar refractivity (Wildman–Crippen MR) is 80.9 cm³/mol. The minimum atomic E-state index is -0.681. The van der Waals surface area contributed by atoms with Crippen molar-refractivity contribution >= 4 is 0 Å². The number of rotatable bonds is 3. The Bertz CT molecular complexity index is 450. The van der Waals surface area contributed by atoms with Gasteiger partial charge in [0, 0.05) is 5.56 Å². The molecule has 2 heteroatoms. The van der Waals surface area contributed by atoms with E-state index in [2.05, 4.69) is 0 Å². The van der Waals surface area contributed by atoms with Crippen molar-refractivity contribution in [1.82, 2.24) is 0 Å². The van der Waals surface area contributed by atoms with Gasteiger partial charge < -0.3 is 9.84 Å². The van der Waals surface area contributed by atoms with Gasteiger partial charge in [-0.05, 0) is 56.9 Å². The highest BCUT2D eigenvalue weighted by Gasteiger charge is 2.44. The van der Waals surface area contributed by atoms with E-state index in [1.165, 1.54) is 38.5 Å². The zero-order valence-corrected chi connectivity index (χ0v) is 12.5. The normalized spacial score (nSPS) is 23.9. The lowest BCUT2D eigenvalue weighted by Crippen LogP contribution is -2.36. The Hall–Kier alpha value is -1.02. The molecule has 0 bridgehead atoms. The standard InChI is InChI=1S/C18H26O2/c1-2-20-16-8-4-3-7-15(16)18(19)13-11-17(12-14-18)9-5-6-10-17/h3-4,7-8,19H,2,5-6,9-14H2,1H3. The van der Waals surface area contributed by atoms with E-state index in [0.717, 1.165) is 24.2 Å². The van der Waals surface area contributed by atoms with Crippen molar-refractivity contribution in [2.75, 3.05) is 6.61 Å². The maximum atomic E-state index is 11.1. The van der Waals surface area contributed by atoms with E-state index in [-0.39, 0.29) is 0 Å². The molecule has 0 unspecified atom stereocenters. The molecule has 2 aliphatic carbocycles. The van der Waals surface area contributed by atoms with Crippen molar-refractivity contribution in [2.45, 2.75) is 63.9 Å². The number of benzene rings is 1. The maximum Gasteiger partial charge on any atom is 0.125 e. The quantitative estimate of drug-likeness (QED) is 0.884. The summed E-state index contributed by atoms with van der Waals surface area (Å²) in [5, 5.41) is 11.1. The van der Waals surface area contributed by atoms with E-state index >= 15 is 0 Å². The third kappa shape index (κ3) is 2.46. The molecule has 0 amide bonds. The number of hydrogen-bond donors (Lipinski definition) is 1. The zero-order valence-electron chi connectivity index (χ0n) is 12.5. The minimum Gasteiger partial charge on any atom is -0.493 e. The van der Waals surface area contributed by atoms with Gasteiger partial charge in [0.05, 0.1) is 12.2 Å². The van der Waals surface area contributed by atoms with Crippen LogP contribution in [0.1, 0.15) is 63.9 Å². The second-order valence-corrected chi connectivity index (χ2v) is 6.67. The summed E-state index contributed by atoms with van der Waals surface area (Å²) in [4.78, 5) is 0. The molecule has 20 heavy (non-hydrogen) atoms. The highest BCUT2D eigenvalue weighted by atomic mass is 16.5. The average Bonchev–Trinajstić information content (AvgIpc) is 2.93. The molecule has 0 atom stereocenters. The van der Waals surface area contributed by atoms with Gasteiger partial charge in [-0.15, -0.1) is 0 Å². The lowest BCUT2D eigenvalue weighted by molar-refractivity contribution is -0.0392. The van der Waals surface area contributed by atoms with Crippen LogP contribution in [0.3, 0.4) is 0 Å². The van der Waals surface area contributed by atoms with E-state index in [0.29, 0.717) is 12.0 Å². The average molecular weight is 274 g/mol. The lowest BCUT2D eigenvalue weighted by Gasteiger charge is -2.42. The Morgan fingerprint density at radius 3 is 2.30 bits per heavy atom. The van der Waals surface area contributed by atoms with Crippen LogP contribution in [-0.2, 0) is 5.60 Å². The van der Waals surface area contributed by atoms with Gasteiger partial charge in [-0.1, -0.05) is 31.0 Å². The monoisotopic (exact) mass is 274 g/mol. The number of para-hydroxylation sites is 1. The molecule has 2 nitrogen and oxygen atoms in total. The molecule has 0 aliphatic heterocycles. The highest BCUT2D eigenvalue weighted by Crippen LogP contribution is 2.54. The topological polar surface area (TPSA) is 29.5 Å². The molecule has 2 saturated carbocycles. The third-order valence-corrected chi connectivity index (χ3v) is 5.49. The van der Waals surface area contributed by atoms with Crippen LogP contribution >= 0.6 is 0 Å². The van der Waals surface area contributed by atoms with E-state index < -0.39 is 5.60 Å². The van der Waals surface area contributed by atoms with Crippen molar-refractivity contribution in [1.29, 1.82) is 0 Å². The van der Waals surface area contributed by atoms with Gasteiger partial charge in [0.25, 0.3) is 0 Å². The predicted octanol–water partition coefficient (Wildman–Crippen LogP) is 4.41. The second-order valence-electron chi connectivity index (χ2n) is 6.67. The number of aliphatic hydroxyl groups is 1. The summed E-state index contributed by atoms with van der Waals surface area (Å²) in [6.07, 6.45) is 9.62. The number of hydrogen-bond acceptors (Lipinski definition) is 2. The molecular weight excluding hydrogens is 248 g/mol. The van der Waals surface area contributed by atoms with Crippen molar-refractivity contribution in [3.05, 3.63) is 29.8 Å². The van der Waals surface area contributed by atoms with Crippen LogP contribution in [0.15, 0.2) is 24.3 Å². The molecule has 2 fully saturated rings. The highest BCUT2D eigenvalue weighted by molar-refractivity contribution is 5.38. The first-order valence-electron chi connectivity index (χ1n) is 8.12. The molecule has 2 aliphatic rings. The first kappa shape index (κ1) is 13.9. The summed E-state index contributed by atoms with van der Waals surface area (Å²) in [6, 6.07) is 8.02. The van der Waals surface area contributed by atoms with E-state index in [1.807, 2.05) is 31.2 Å². The second kappa shape index (κ2) is 5.40. The van der Waals surface area contributed by atoms with E-state index in [4.69, 9.17) is 4.74 Å². The van der Waals surface area contributed by atoms with Crippen LogP contribution in [0.2, 0.25) is 0 Å². The van der Waals surface area contributed by atoms with Crippen molar-refractivity contribution in [3.8, 4) is 5.75 Å². The zero-order chi connectivity index (χ0) is 14.1. The fraction of sp³-hybridized carbons (Fsp3) is 0.667. The smallest absolute Gasteiger partial charge is 0.125 e. The number of ether oxygens (including phenoxy) is 1. The maximum absolute atomic E-state index is 11.1. The Labute approximate surface area is 122 Å². The molecular formula is C18H26O2. The van der Waals surface area contributed by atoms with Gasteiger partial charge in [0.2, 0.25) is 0 Å². The molecule has 0 aromatic heterocycles. The third-order valence-electron chi connectivity index (χ3n) is 5.49. The van der Waals surface area contributed by atoms with E-state index in [9.17, 15) is 5.11 Å². The lowest BCUT2D eigenvalue weighted by atomic mass is 9.66. The van der Waals surface area contributed by atoms with Gasteiger partial charge in [-0.3, -0.25) is 0 Å². The van der Waals surface area contributed by atoms with Crippen molar-refractivity contribution in [3.63, 3.8) is 0 Å². The summed E-state index contributed by atoms with van der Waals surface area (Å²) in [5.41, 5.74) is 0.863. The molecule has 1 aromatic carbocycles. The summed E-state index contributed by atoms with van der Waals surface area (Å²) >= 11 is 0. The Balaban J connectivity index is 1.80. The first-order valence-corrected chi connectivity index (χ1v) is 8.12. The van der Waals surface area contributed by atoms with Gasteiger partial charge in [-0.25, -0.2) is 0 Å². The molecule has 0 heterocycles. The first-order chi connectivity index (χ1) is 9.68. The summed E-state index contributed by atoms with van der Waals surface area (Å²) in [5.74, 6) is 0.861. The van der Waals surface area contributed by atoms with Crippen molar-refractivity contribution < 1.29 is 9.84 Å². The van der Waals surface area contributed by atoms with Crippen LogP contribution in [0.5, 0.6) is 5.75 Å². The fourth-order valence-electron chi connectivity index (χ4n) is 4.22. The Morgan fingerprint density at radius 2 is 1.65 bits per heavy atom. The SMILES string of the molecule is CCOc1ccccc1C1(O)CCC2(CCCC2)CC1. The fourth-order valence-corrected chi connectivity index (χ4v) is 4.22. The molecule has 3 rings (SSSR count). The van der Waals surface area contributed by atoms with E-state index in [1.54, 1.807) is 0 Å². The Kier molecular flexibility index (Phi) is 3.76. The van der Waals surface area contributed by atoms with Crippen LogP contribution in [0.25, 0.3) is 0 Å². The molecule has 0 radical (unpaired) electrons. The van der Waals surface area contributed by atoms with Crippen LogP contribution in [0, 0.1) is 5.41 Å². The molecule has 1 aromatic rings. The van der Waals surface area contributed by atoms with Gasteiger partial charge >= 0.3 is 0 Å². The van der Waals surface area contributed by atoms with Gasteiger partial charge in [-0.2, -0.15) is 0 Å². The Morgan fingerprint density at radius 1 is 1.00 bits per heavy atom. The summed E-state index contributed by atoms with van der Waals surface area (Å²) in [7, 11) is 0. The molecule has 0 saturated heterocycles. The minimum absolute atomic E-state index is 0.548. The van der Waals surface area contributed by atoms with Crippen LogP contribution in [-0.4, -0.2) is 11.7 Å². The van der Waals surface area contributed by atoms with Gasteiger partial charge in [0.15, 0.2) is 0 Å². The van der Waals surface area contributed by atoms with Gasteiger partial charge in [0.1, 0.15) is 5.75 Å².